The lowest BCUT2D eigenvalue weighted by Crippen LogP contribution is -2.29. The first-order valence-electron chi connectivity index (χ1n) is 7.25. The van der Waals surface area contributed by atoms with Crippen molar-refractivity contribution < 1.29 is 9.72 Å². The highest BCUT2D eigenvalue weighted by atomic mass is 16.6. The fraction of sp³-hybridized carbons (Fsp3) is 0.533. The van der Waals surface area contributed by atoms with Gasteiger partial charge >= 0.3 is 0 Å². The van der Waals surface area contributed by atoms with Crippen LogP contribution < -0.4 is 10.6 Å². The van der Waals surface area contributed by atoms with Crippen LogP contribution in [0, 0.1) is 22.0 Å². The summed E-state index contributed by atoms with van der Waals surface area (Å²) in [4.78, 5) is 22.7. The van der Waals surface area contributed by atoms with Crippen molar-refractivity contribution in [2.75, 3.05) is 18.9 Å². The molecule has 0 aromatic heterocycles. The van der Waals surface area contributed by atoms with Gasteiger partial charge in [0.05, 0.1) is 4.92 Å². The second kappa shape index (κ2) is 6.56. The molecule has 114 valence electrons. The largest absolute Gasteiger partial charge is 0.388 e. The van der Waals surface area contributed by atoms with Crippen molar-refractivity contribution in [3.8, 4) is 0 Å². The molecular weight excluding hydrogens is 270 g/mol. The zero-order valence-electron chi connectivity index (χ0n) is 12.4. The highest BCUT2D eigenvalue weighted by molar-refractivity contribution is 5.99. The quantitative estimate of drug-likeness (QED) is 0.645. The first-order valence-corrected chi connectivity index (χ1v) is 7.25. The number of hydrogen-bond acceptors (Lipinski definition) is 4. The Morgan fingerprint density at radius 3 is 2.76 bits per heavy atom. The maximum atomic E-state index is 12.2. The van der Waals surface area contributed by atoms with Crippen molar-refractivity contribution >= 4 is 17.3 Å². The van der Waals surface area contributed by atoms with Crippen LogP contribution in [-0.2, 0) is 0 Å². The molecule has 2 unspecified atom stereocenters. The molecule has 2 N–H and O–H groups in total. The number of rotatable bonds is 5. The molecule has 1 aliphatic rings. The minimum Gasteiger partial charge on any atom is -0.388 e. The van der Waals surface area contributed by atoms with Crippen molar-refractivity contribution in [2.45, 2.75) is 26.2 Å². The number of benzene rings is 1. The summed E-state index contributed by atoms with van der Waals surface area (Å²) in [5, 5.41) is 16.8. The van der Waals surface area contributed by atoms with Crippen LogP contribution in [0.25, 0.3) is 0 Å². The predicted octanol–water partition coefficient (Wildman–Crippen LogP) is 2.80. The Labute approximate surface area is 124 Å². The first kappa shape index (κ1) is 15.3. The summed E-state index contributed by atoms with van der Waals surface area (Å²) in [5.74, 6) is 0.808. The van der Waals surface area contributed by atoms with E-state index in [4.69, 9.17) is 0 Å². The lowest BCUT2D eigenvalue weighted by Gasteiger charge is -2.12. The van der Waals surface area contributed by atoms with Gasteiger partial charge in [0.25, 0.3) is 11.6 Å². The number of hydrogen-bond donors (Lipinski definition) is 2. The molecule has 21 heavy (non-hydrogen) atoms. The van der Waals surface area contributed by atoms with Gasteiger partial charge in [0.1, 0.15) is 5.56 Å². The summed E-state index contributed by atoms with van der Waals surface area (Å²) in [6.07, 6.45) is 3.41. The Balaban J connectivity index is 2.08. The van der Waals surface area contributed by atoms with E-state index in [1.54, 1.807) is 13.1 Å². The number of nitrogens with one attached hydrogen (secondary N) is 2. The van der Waals surface area contributed by atoms with Gasteiger partial charge in [-0.3, -0.25) is 14.9 Å². The lowest BCUT2D eigenvalue weighted by atomic mass is 10.1. The topological polar surface area (TPSA) is 84.3 Å². The maximum absolute atomic E-state index is 12.2. The van der Waals surface area contributed by atoms with Crippen LogP contribution in [0.4, 0.5) is 11.4 Å². The molecule has 0 aliphatic heterocycles. The molecule has 6 nitrogen and oxygen atoms in total. The molecule has 0 heterocycles. The van der Waals surface area contributed by atoms with E-state index in [0.717, 1.165) is 12.8 Å². The third-order valence-corrected chi connectivity index (χ3v) is 4.08. The summed E-state index contributed by atoms with van der Waals surface area (Å²) in [7, 11) is 1.71. The zero-order chi connectivity index (χ0) is 15.4. The monoisotopic (exact) mass is 291 g/mol. The first-order chi connectivity index (χ1) is 10.0. The van der Waals surface area contributed by atoms with Crippen LogP contribution in [0.1, 0.15) is 36.5 Å². The summed E-state index contributed by atoms with van der Waals surface area (Å²) >= 11 is 0. The molecule has 1 saturated carbocycles. The molecule has 1 fully saturated rings. The van der Waals surface area contributed by atoms with Crippen molar-refractivity contribution in [3.63, 3.8) is 0 Å². The summed E-state index contributed by atoms with van der Waals surface area (Å²) < 4.78 is 0. The van der Waals surface area contributed by atoms with Crippen molar-refractivity contribution in [1.29, 1.82) is 0 Å². The fourth-order valence-corrected chi connectivity index (χ4v) is 2.88. The van der Waals surface area contributed by atoms with Crippen LogP contribution >= 0.6 is 0 Å². The Hall–Kier alpha value is -2.11. The highest BCUT2D eigenvalue weighted by Crippen LogP contribution is 2.30. The standard InChI is InChI=1S/C15H21N3O3/c1-10-3-4-11(7-10)9-17-15(19)13-8-12(16-2)5-6-14(13)18(20)21/h5-6,8,10-11,16H,3-4,7,9H2,1-2H3,(H,17,19). The molecule has 0 saturated heterocycles. The molecule has 0 spiro atoms. The maximum Gasteiger partial charge on any atom is 0.282 e. The van der Waals surface area contributed by atoms with E-state index in [2.05, 4.69) is 17.6 Å². The molecule has 1 aromatic rings. The van der Waals surface area contributed by atoms with Crippen LogP contribution in [0.15, 0.2) is 18.2 Å². The molecule has 0 bridgehead atoms. The second-order valence-corrected chi connectivity index (χ2v) is 5.73. The Morgan fingerprint density at radius 2 is 2.19 bits per heavy atom. The molecular formula is C15H21N3O3. The Morgan fingerprint density at radius 1 is 1.43 bits per heavy atom. The normalized spacial score (nSPS) is 21.0. The SMILES string of the molecule is CNc1ccc([N+](=O)[O-])c(C(=O)NCC2CCC(C)C2)c1. The smallest absolute Gasteiger partial charge is 0.282 e. The zero-order valence-corrected chi connectivity index (χ0v) is 12.4. The van der Waals surface area contributed by atoms with E-state index in [1.165, 1.54) is 18.6 Å². The Bertz CT molecular complexity index is 545. The highest BCUT2D eigenvalue weighted by Gasteiger charge is 2.24. The number of carbonyl (C=O) groups excluding carboxylic acids is 1. The van der Waals surface area contributed by atoms with E-state index in [0.29, 0.717) is 24.1 Å². The van der Waals surface area contributed by atoms with Gasteiger partial charge in [0.2, 0.25) is 0 Å². The lowest BCUT2D eigenvalue weighted by molar-refractivity contribution is -0.385. The van der Waals surface area contributed by atoms with Crippen molar-refractivity contribution in [3.05, 3.63) is 33.9 Å². The molecule has 6 heteroatoms. The van der Waals surface area contributed by atoms with Gasteiger partial charge in [0, 0.05) is 25.3 Å². The van der Waals surface area contributed by atoms with Gasteiger partial charge in [0.15, 0.2) is 0 Å². The summed E-state index contributed by atoms with van der Waals surface area (Å²) in [5.41, 5.74) is 0.629. The second-order valence-electron chi connectivity index (χ2n) is 5.73. The van der Waals surface area contributed by atoms with E-state index in [-0.39, 0.29) is 17.2 Å². The number of nitrogens with zero attached hydrogens (tertiary/aromatic N) is 1. The molecule has 1 amide bonds. The third-order valence-electron chi connectivity index (χ3n) is 4.08. The molecule has 1 aliphatic carbocycles. The van der Waals surface area contributed by atoms with Gasteiger partial charge in [-0.15, -0.1) is 0 Å². The molecule has 2 rings (SSSR count). The van der Waals surface area contributed by atoms with Gasteiger partial charge in [-0.05, 0) is 36.8 Å². The fourth-order valence-electron chi connectivity index (χ4n) is 2.88. The predicted molar refractivity (Wildman–Crippen MR) is 81.5 cm³/mol. The van der Waals surface area contributed by atoms with Gasteiger partial charge in [-0.25, -0.2) is 0 Å². The molecule has 2 atom stereocenters. The summed E-state index contributed by atoms with van der Waals surface area (Å²) in [6, 6.07) is 4.47. The average Bonchev–Trinajstić information content (AvgIpc) is 2.89. The van der Waals surface area contributed by atoms with Crippen molar-refractivity contribution in [1.82, 2.24) is 5.32 Å². The molecule has 1 aromatic carbocycles. The molecule has 0 radical (unpaired) electrons. The van der Waals surface area contributed by atoms with Crippen LogP contribution in [-0.4, -0.2) is 24.4 Å². The average molecular weight is 291 g/mol. The van der Waals surface area contributed by atoms with Crippen LogP contribution in [0.2, 0.25) is 0 Å². The minimum absolute atomic E-state index is 0.109. The van der Waals surface area contributed by atoms with E-state index >= 15 is 0 Å². The third kappa shape index (κ3) is 3.71. The number of carbonyl (C=O) groups is 1. The van der Waals surface area contributed by atoms with Gasteiger partial charge in [-0.2, -0.15) is 0 Å². The van der Waals surface area contributed by atoms with E-state index in [9.17, 15) is 14.9 Å². The van der Waals surface area contributed by atoms with E-state index in [1.807, 2.05) is 0 Å². The van der Waals surface area contributed by atoms with Gasteiger partial charge in [-0.1, -0.05) is 13.3 Å². The van der Waals surface area contributed by atoms with Gasteiger partial charge < -0.3 is 10.6 Å². The number of amides is 1. The summed E-state index contributed by atoms with van der Waals surface area (Å²) in [6.45, 7) is 2.80. The van der Waals surface area contributed by atoms with Crippen LogP contribution in [0.5, 0.6) is 0 Å². The minimum atomic E-state index is -0.522. The number of anilines is 1. The van der Waals surface area contributed by atoms with E-state index < -0.39 is 4.92 Å². The van der Waals surface area contributed by atoms with Crippen LogP contribution in [0.3, 0.4) is 0 Å². The van der Waals surface area contributed by atoms with Crippen molar-refractivity contribution in [2.24, 2.45) is 11.8 Å². The number of nitro groups is 1. The number of nitro benzene ring substituents is 1. The Kier molecular flexibility index (Phi) is 4.77.